The summed E-state index contributed by atoms with van der Waals surface area (Å²) in [6.45, 7) is 3.39. The Bertz CT molecular complexity index is 958. The molecule has 1 saturated heterocycles. The normalized spacial score (nSPS) is 17.1. The second-order valence-electron chi connectivity index (χ2n) is 6.98. The fraction of sp³-hybridized carbons (Fsp3) is 0.350. The van der Waals surface area contributed by atoms with Gasteiger partial charge in [-0.25, -0.2) is 9.97 Å². The van der Waals surface area contributed by atoms with Crippen LogP contribution in [0.5, 0.6) is 0 Å². The van der Waals surface area contributed by atoms with E-state index in [1.165, 1.54) is 0 Å². The minimum Gasteiger partial charge on any atom is -0.339 e. The van der Waals surface area contributed by atoms with Crippen molar-refractivity contribution >= 4 is 22.9 Å². The van der Waals surface area contributed by atoms with E-state index in [1.807, 2.05) is 49.5 Å². The fourth-order valence-electron chi connectivity index (χ4n) is 3.47. The van der Waals surface area contributed by atoms with Crippen LogP contribution < -0.4 is 4.90 Å². The molecule has 0 spiro atoms. The highest BCUT2D eigenvalue weighted by atomic mass is 16.2. The molecule has 0 radical (unpaired) electrons. The molecule has 7 heteroatoms. The molecule has 138 valence electrons. The Balaban J connectivity index is 1.51. The summed E-state index contributed by atoms with van der Waals surface area (Å²) in [5.74, 6) is 0.728. The second kappa shape index (κ2) is 7.26. The van der Waals surface area contributed by atoms with E-state index in [2.05, 4.69) is 24.8 Å². The number of aryl methyl sites for hydroxylation is 1. The standard InChI is InChI=1S/C20H22N6O/c1-14-11-23-20(24-12-14)25(2)16-4-3-9-26(13-16)19(27)15-5-6-17-18(10-15)22-8-7-21-17/h5-8,10-12,16H,3-4,9,13H2,1-2H3. The molecule has 0 bridgehead atoms. The Morgan fingerprint density at radius 1 is 1.11 bits per heavy atom. The number of amides is 1. The van der Waals surface area contributed by atoms with Gasteiger partial charge in [-0.05, 0) is 43.5 Å². The summed E-state index contributed by atoms with van der Waals surface area (Å²) in [5, 5.41) is 0. The highest BCUT2D eigenvalue weighted by Gasteiger charge is 2.28. The van der Waals surface area contributed by atoms with Gasteiger partial charge in [-0.1, -0.05) is 0 Å². The molecule has 1 amide bonds. The van der Waals surface area contributed by atoms with Crippen molar-refractivity contribution in [3.05, 3.63) is 54.1 Å². The Morgan fingerprint density at radius 3 is 2.63 bits per heavy atom. The van der Waals surface area contributed by atoms with E-state index in [0.717, 1.165) is 36.0 Å². The van der Waals surface area contributed by atoms with Crippen molar-refractivity contribution in [3.8, 4) is 0 Å². The maximum Gasteiger partial charge on any atom is 0.254 e. The highest BCUT2D eigenvalue weighted by Crippen LogP contribution is 2.21. The van der Waals surface area contributed by atoms with Crippen LogP contribution in [0.15, 0.2) is 43.0 Å². The van der Waals surface area contributed by atoms with Crippen LogP contribution in [0.4, 0.5) is 5.95 Å². The summed E-state index contributed by atoms with van der Waals surface area (Å²) in [4.78, 5) is 34.4. The van der Waals surface area contributed by atoms with E-state index in [1.54, 1.807) is 12.4 Å². The molecule has 3 aromatic rings. The number of nitrogens with zero attached hydrogens (tertiary/aromatic N) is 6. The summed E-state index contributed by atoms with van der Waals surface area (Å²) in [6, 6.07) is 5.70. The monoisotopic (exact) mass is 362 g/mol. The second-order valence-corrected chi connectivity index (χ2v) is 6.98. The average Bonchev–Trinajstić information content (AvgIpc) is 2.73. The first kappa shape index (κ1) is 17.3. The zero-order valence-electron chi connectivity index (χ0n) is 15.5. The third-order valence-electron chi connectivity index (χ3n) is 5.03. The summed E-state index contributed by atoms with van der Waals surface area (Å²) in [7, 11) is 1.99. The van der Waals surface area contributed by atoms with Gasteiger partial charge >= 0.3 is 0 Å². The zero-order chi connectivity index (χ0) is 18.8. The Labute approximate surface area is 158 Å². The van der Waals surface area contributed by atoms with Gasteiger partial charge in [-0.3, -0.25) is 14.8 Å². The lowest BCUT2D eigenvalue weighted by Gasteiger charge is -2.37. The van der Waals surface area contributed by atoms with Crippen molar-refractivity contribution in [1.29, 1.82) is 0 Å². The van der Waals surface area contributed by atoms with Crippen molar-refractivity contribution < 1.29 is 4.79 Å². The molecule has 1 aromatic carbocycles. The molecule has 0 N–H and O–H groups in total. The topological polar surface area (TPSA) is 75.1 Å². The van der Waals surface area contributed by atoms with Gasteiger partial charge in [0.2, 0.25) is 5.95 Å². The maximum atomic E-state index is 13.0. The largest absolute Gasteiger partial charge is 0.339 e. The van der Waals surface area contributed by atoms with Gasteiger partial charge < -0.3 is 9.80 Å². The van der Waals surface area contributed by atoms with Crippen molar-refractivity contribution in [2.45, 2.75) is 25.8 Å². The van der Waals surface area contributed by atoms with Crippen molar-refractivity contribution in [3.63, 3.8) is 0 Å². The number of hydrogen-bond donors (Lipinski definition) is 0. The van der Waals surface area contributed by atoms with Gasteiger partial charge in [-0.15, -0.1) is 0 Å². The Morgan fingerprint density at radius 2 is 1.85 bits per heavy atom. The lowest BCUT2D eigenvalue weighted by molar-refractivity contribution is 0.0707. The van der Waals surface area contributed by atoms with Crippen molar-refractivity contribution in [2.75, 3.05) is 25.0 Å². The summed E-state index contributed by atoms with van der Waals surface area (Å²) in [6.07, 6.45) is 8.91. The number of fused-ring (bicyclic) bond motifs is 1. The SMILES string of the molecule is Cc1cnc(N(C)C2CCCN(C(=O)c3ccc4nccnc4c3)C2)nc1. The first-order valence-electron chi connectivity index (χ1n) is 9.13. The third-order valence-corrected chi connectivity index (χ3v) is 5.03. The summed E-state index contributed by atoms with van der Waals surface area (Å²) in [5.41, 5.74) is 3.22. The fourth-order valence-corrected chi connectivity index (χ4v) is 3.47. The predicted octanol–water partition coefficient (Wildman–Crippen LogP) is 2.47. The molecular weight excluding hydrogens is 340 g/mol. The number of hydrogen-bond acceptors (Lipinski definition) is 6. The van der Waals surface area contributed by atoms with Crippen molar-refractivity contribution in [2.24, 2.45) is 0 Å². The van der Waals surface area contributed by atoms with Crippen molar-refractivity contribution in [1.82, 2.24) is 24.8 Å². The molecule has 1 unspecified atom stereocenters. The highest BCUT2D eigenvalue weighted by molar-refractivity contribution is 5.97. The van der Waals surface area contributed by atoms with Gasteiger partial charge in [0.1, 0.15) is 0 Å². The van der Waals surface area contributed by atoms with Gasteiger partial charge in [-0.2, -0.15) is 0 Å². The number of rotatable bonds is 3. The van der Waals surface area contributed by atoms with Gasteiger partial charge in [0.05, 0.1) is 11.0 Å². The molecule has 2 aromatic heterocycles. The van der Waals surface area contributed by atoms with Crippen LogP contribution in [-0.2, 0) is 0 Å². The number of anilines is 1. The number of likely N-dealkylation sites (N-methyl/N-ethyl adjacent to an activating group) is 1. The third kappa shape index (κ3) is 3.58. The quantitative estimate of drug-likeness (QED) is 0.712. The van der Waals surface area contributed by atoms with Crippen LogP contribution >= 0.6 is 0 Å². The van der Waals surface area contributed by atoms with E-state index in [4.69, 9.17) is 0 Å². The molecule has 0 aliphatic carbocycles. The predicted molar refractivity (Wildman–Crippen MR) is 104 cm³/mol. The molecule has 7 nitrogen and oxygen atoms in total. The van der Waals surface area contributed by atoms with Gasteiger partial charge in [0, 0.05) is 56.5 Å². The number of piperidine rings is 1. The molecule has 1 fully saturated rings. The lowest BCUT2D eigenvalue weighted by Crippen LogP contribution is -2.49. The number of carbonyl (C=O) groups excluding carboxylic acids is 1. The molecule has 27 heavy (non-hydrogen) atoms. The lowest BCUT2D eigenvalue weighted by atomic mass is 10.0. The Kier molecular flexibility index (Phi) is 4.66. The molecule has 4 rings (SSSR count). The van der Waals surface area contributed by atoms with Crippen LogP contribution in [0.25, 0.3) is 11.0 Å². The number of likely N-dealkylation sites (tertiary alicyclic amines) is 1. The average molecular weight is 362 g/mol. The minimum atomic E-state index is 0.0328. The zero-order valence-corrected chi connectivity index (χ0v) is 15.5. The minimum absolute atomic E-state index is 0.0328. The van der Waals surface area contributed by atoms with Crippen LogP contribution in [0.1, 0.15) is 28.8 Å². The van der Waals surface area contributed by atoms with Crippen LogP contribution in [0.3, 0.4) is 0 Å². The summed E-state index contributed by atoms with van der Waals surface area (Å²) < 4.78 is 0. The van der Waals surface area contributed by atoms with E-state index < -0.39 is 0 Å². The summed E-state index contributed by atoms with van der Waals surface area (Å²) >= 11 is 0. The first-order chi connectivity index (χ1) is 13.1. The van der Waals surface area contributed by atoms with E-state index in [0.29, 0.717) is 18.1 Å². The number of carbonyl (C=O) groups is 1. The molecule has 3 heterocycles. The first-order valence-corrected chi connectivity index (χ1v) is 9.13. The van der Waals surface area contributed by atoms with Gasteiger partial charge in [0.25, 0.3) is 5.91 Å². The van der Waals surface area contributed by atoms with E-state index >= 15 is 0 Å². The molecule has 1 aliphatic rings. The van der Waals surface area contributed by atoms with Crippen LogP contribution in [0, 0.1) is 6.92 Å². The molecular formula is C20H22N6O. The van der Waals surface area contributed by atoms with E-state index in [-0.39, 0.29) is 11.9 Å². The molecule has 1 atom stereocenters. The van der Waals surface area contributed by atoms with Gasteiger partial charge in [0.15, 0.2) is 0 Å². The van der Waals surface area contributed by atoms with Crippen LogP contribution in [-0.4, -0.2) is 56.9 Å². The number of benzene rings is 1. The Hall–Kier alpha value is -3.09. The molecule has 1 aliphatic heterocycles. The smallest absolute Gasteiger partial charge is 0.254 e. The molecule has 0 saturated carbocycles. The van der Waals surface area contributed by atoms with E-state index in [9.17, 15) is 4.79 Å². The van der Waals surface area contributed by atoms with Crippen LogP contribution in [0.2, 0.25) is 0 Å². The number of aromatic nitrogens is 4. The maximum absolute atomic E-state index is 13.0.